The summed E-state index contributed by atoms with van der Waals surface area (Å²) in [4.78, 5) is 23.2. The fourth-order valence-corrected chi connectivity index (χ4v) is 2.08. The smallest absolute Gasteiger partial charge is 0.411 e. The molecule has 0 heterocycles. The first-order chi connectivity index (χ1) is 11.0. The summed E-state index contributed by atoms with van der Waals surface area (Å²) in [5.74, 6) is -0.877. The maximum atomic E-state index is 11.9. The number of carbonyl (C=O) groups is 2. The van der Waals surface area contributed by atoms with E-state index in [1.54, 1.807) is 12.1 Å². The lowest BCUT2D eigenvalue weighted by atomic mass is 10.0. The third kappa shape index (κ3) is 4.57. The quantitative estimate of drug-likeness (QED) is 0.865. The molecular weight excluding hydrogens is 294 g/mol. The number of carboxylic acids is 1. The van der Waals surface area contributed by atoms with Crippen molar-refractivity contribution in [3.05, 3.63) is 65.2 Å². The zero-order valence-electron chi connectivity index (χ0n) is 13.1. The number of rotatable bonds is 5. The molecular formula is C18H19NO4. The number of hydrogen-bond acceptors (Lipinski definition) is 3. The Kier molecular flexibility index (Phi) is 5.36. The van der Waals surface area contributed by atoms with Crippen molar-refractivity contribution in [3.8, 4) is 0 Å². The fraction of sp³-hybridized carbons (Fsp3) is 0.222. The second-order valence-electron chi connectivity index (χ2n) is 5.45. The molecule has 5 nitrogen and oxygen atoms in total. The standard InChI is InChI=1S/C18H19NO4/c1-12(2)14-8-9-15(17(20)21)16(10-14)19-18(22)23-11-13-6-4-3-5-7-13/h3-10,12H,11H2,1-2H3,(H,19,22)(H,20,21). The highest BCUT2D eigenvalue weighted by Gasteiger charge is 2.15. The molecule has 5 heteroatoms. The van der Waals surface area contributed by atoms with Crippen LogP contribution in [-0.4, -0.2) is 17.2 Å². The lowest BCUT2D eigenvalue weighted by Crippen LogP contribution is -2.16. The van der Waals surface area contributed by atoms with Gasteiger partial charge < -0.3 is 9.84 Å². The van der Waals surface area contributed by atoms with Gasteiger partial charge in [0, 0.05) is 0 Å². The number of benzene rings is 2. The fourth-order valence-electron chi connectivity index (χ4n) is 2.08. The highest BCUT2D eigenvalue weighted by molar-refractivity contribution is 5.98. The number of ether oxygens (including phenoxy) is 1. The molecule has 0 saturated carbocycles. The average Bonchev–Trinajstić information content (AvgIpc) is 2.53. The van der Waals surface area contributed by atoms with Crippen LogP contribution < -0.4 is 5.32 Å². The van der Waals surface area contributed by atoms with Crippen LogP contribution >= 0.6 is 0 Å². The summed E-state index contributed by atoms with van der Waals surface area (Å²) in [5.41, 5.74) is 2.07. The van der Waals surface area contributed by atoms with Crippen LogP contribution in [0.5, 0.6) is 0 Å². The number of nitrogens with one attached hydrogen (secondary N) is 1. The summed E-state index contributed by atoms with van der Waals surface area (Å²) in [7, 11) is 0. The molecule has 2 rings (SSSR count). The second kappa shape index (κ2) is 7.45. The van der Waals surface area contributed by atoms with Gasteiger partial charge >= 0.3 is 12.1 Å². The summed E-state index contributed by atoms with van der Waals surface area (Å²) in [6.45, 7) is 4.11. The molecule has 0 aliphatic rings. The predicted molar refractivity (Wildman–Crippen MR) is 87.7 cm³/mol. The van der Waals surface area contributed by atoms with E-state index in [1.165, 1.54) is 6.07 Å². The Hall–Kier alpha value is -2.82. The van der Waals surface area contributed by atoms with Gasteiger partial charge in [0.1, 0.15) is 6.61 Å². The molecule has 0 spiro atoms. The van der Waals surface area contributed by atoms with E-state index in [0.29, 0.717) is 0 Å². The molecule has 120 valence electrons. The van der Waals surface area contributed by atoms with E-state index in [1.807, 2.05) is 44.2 Å². The molecule has 0 unspecified atom stereocenters. The predicted octanol–water partition coefficient (Wildman–Crippen LogP) is 4.26. The van der Waals surface area contributed by atoms with Gasteiger partial charge in [0.15, 0.2) is 0 Å². The van der Waals surface area contributed by atoms with Gasteiger partial charge in [-0.05, 0) is 29.2 Å². The largest absolute Gasteiger partial charge is 0.478 e. The van der Waals surface area contributed by atoms with E-state index in [0.717, 1.165) is 11.1 Å². The maximum Gasteiger partial charge on any atom is 0.411 e. The van der Waals surface area contributed by atoms with Crippen molar-refractivity contribution in [2.75, 3.05) is 5.32 Å². The van der Waals surface area contributed by atoms with Crippen LogP contribution in [0.4, 0.5) is 10.5 Å². The van der Waals surface area contributed by atoms with Gasteiger partial charge in [-0.1, -0.05) is 50.2 Å². The van der Waals surface area contributed by atoms with Crippen molar-refractivity contribution in [2.45, 2.75) is 26.4 Å². The second-order valence-corrected chi connectivity index (χ2v) is 5.45. The van der Waals surface area contributed by atoms with Crippen LogP contribution in [0.1, 0.15) is 41.3 Å². The number of amides is 1. The molecule has 0 bridgehead atoms. The summed E-state index contributed by atoms with van der Waals surface area (Å²) in [5, 5.41) is 11.7. The van der Waals surface area contributed by atoms with Crippen LogP contribution in [0.15, 0.2) is 48.5 Å². The van der Waals surface area contributed by atoms with Gasteiger partial charge in [-0.3, -0.25) is 5.32 Å². The number of carbonyl (C=O) groups excluding carboxylic acids is 1. The zero-order valence-corrected chi connectivity index (χ0v) is 13.1. The van der Waals surface area contributed by atoms with Crippen molar-refractivity contribution in [3.63, 3.8) is 0 Å². The summed E-state index contributed by atoms with van der Waals surface area (Å²) in [6.07, 6.45) is -0.683. The van der Waals surface area contributed by atoms with Crippen molar-refractivity contribution < 1.29 is 19.4 Å². The monoisotopic (exact) mass is 313 g/mol. The maximum absolute atomic E-state index is 11.9. The first kappa shape index (κ1) is 16.5. The Morgan fingerprint density at radius 1 is 1.13 bits per heavy atom. The Balaban J connectivity index is 2.09. The average molecular weight is 313 g/mol. The van der Waals surface area contributed by atoms with Gasteiger partial charge in [-0.25, -0.2) is 9.59 Å². The minimum atomic E-state index is -1.10. The number of aromatic carboxylic acids is 1. The van der Waals surface area contributed by atoms with Gasteiger partial charge in [0.25, 0.3) is 0 Å². The first-order valence-electron chi connectivity index (χ1n) is 7.32. The highest BCUT2D eigenvalue weighted by atomic mass is 16.5. The molecule has 0 atom stereocenters. The molecule has 2 aromatic carbocycles. The highest BCUT2D eigenvalue weighted by Crippen LogP contribution is 2.23. The minimum absolute atomic E-state index is 0.0334. The third-order valence-electron chi connectivity index (χ3n) is 3.39. The van der Waals surface area contributed by atoms with E-state index in [9.17, 15) is 14.7 Å². The van der Waals surface area contributed by atoms with Crippen molar-refractivity contribution in [1.29, 1.82) is 0 Å². The van der Waals surface area contributed by atoms with E-state index >= 15 is 0 Å². The molecule has 0 fully saturated rings. The molecule has 23 heavy (non-hydrogen) atoms. The molecule has 2 aromatic rings. The Morgan fingerprint density at radius 2 is 1.83 bits per heavy atom. The molecule has 0 aliphatic carbocycles. The normalized spacial score (nSPS) is 10.4. The summed E-state index contributed by atoms with van der Waals surface area (Å²) < 4.78 is 5.12. The summed E-state index contributed by atoms with van der Waals surface area (Å²) >= 11 is 0. The lowest BCUT2D eigenvalue weighted by molar-refractivity contribution is 0.0698. The van der Waals surface area contributed by atoms with Crippen LogP contribution in [0.3, 0.4) is 0 Å². The van der Waals surface area contributed by atoms with Crippen molar-refractivity contribution >= 4 is 17.7 Å². The third-order valence-corrected chi connectivity index (χ3v) is 3.39. The van der Waals surface area contributed by atoms with Crippen molar-refractivity contribution in [1.82, 2.24) is 0 Å². The van der Waals surface area contributed by atoms with E-state index in [4.69, 9.17) is 4.74 Å². The van der Waals surface area contributed by atoms with Crippen LogP contribution in [0.2, 0.25) is 0 Å². The summed E-state index contributed by atoms with van der Waals surface area (Å²) in [6, 6.07) is 14.2. The van der Waals surface area contributed by atoms with Gasteiger partial charge in [-0.2, -0.15) is 0 Å². The van der Waals surface area contributed by atoms with Crippen LogP contribution in [0, 0.1) is 0 Å². The Bertz CT molecular complexity index is 695. The SMILES string of the molecule is CC(C)c1ccc(C(=O)O)c(NC(=O)OCc2ccccc2)c1. The molecule has 0 radical (unpaired) electrons. The Labute approximate surface area is 134 Å². The molecule has 1 amide bonds. The minimum Gasteiger partial charge on any atom is -0.478 e. The van der Waals surface area contributed by atoms with Crippen LogP contribution in [0.25, 0.3) is 0 Å². The molecule has 0 aliphatic heterocycles. The molecule has 0 saturated heterocycles. The number of anilines is 1. The van der Waals surface area contributed by atoms with Gasteiger partial charge in [-0.15, -0.1) is 0 Å². The number of hydrogen-bond donors (Lipinski definition) is 2. The number of carboxylic acid groups (broad SMARTS) is 1. The van der Waals surface area contributed by atoms with E-state index in [-0.39, 0.29) is 23.8 Å². The van der Waals surface area contributed by atoms with Gasteiger partial charge in [0.05, 0.1) is 11.3 Å². The lowest BCUT2D eigenvalue weighted by Gasteiger charge is -2.13. The van der Waals surface area contributed by atoms with E-state index in [2.05, 4.69) is 5.32 Å². The zero-order chi connectivity index (χ0) is 16.8. The van der Waals surface area contributed by atoms with Gasteiger partial charge in [0.2, 0.25) is 0 Å². The Morgan fingerprint density at radius 3 is 2.43 bits per heavy atom. The first-order valence-corrected chi connectivity index (χ1v) is 7.32. The molecule has 2 N–H and O–H groups in total. The molecule has 0 aromatic heterocycles. The van der Waals surface area contributed by atoms with E-state index < -0.39 is 12.1 Å². The topological polar surface area (TPSA) is 75.6 Å². The van der Waals surface area contributed by atoms with Crippen molar-refractivity contribution in [2.24, 2.45) is 0 Å². The van der Waals surface area contributed by atoms with Crippen LogP contribution in [-0.2, 0) is 11.3 Å².